The maximum Gasteiger partial charge on any atom is 0.243 e. The van der Waals surface area contributed by atoms with Crippen LogP contribution in [0.4, 0.5) is 4.39 Å². The third-order valence-corrected chi connectivity index (χ3v) is 7.24. The minimum absolute atomic E-state index is 0.0238. The highest BCUT2D eigenvalue weighted by molar-refractivity contribution is 7.89. The van der Waals surface area contributed by atoms with Crippen molar-refractivity contribution in [2.75, 3.05) is 13.6 Å². The van der Waals surface area contributed by atoms with Gasteiger partial charge in [0.25, 0.3) is 0 Å². The summed E-state index contributed by atoms with van der Waals surface area (Å²) in [6.07, 6.45) is 0. The maximum atomic E-state index is 14.0. The van der Waals surface area contributed by atoms with E-state index >= 15 is 0 Å². The average molecular weight is 475 g/mol. The lowest BCUT2D eigenvalue weighted by Gasteiger charge is -2.25. The van der Waals surface area contributed by atoms with Gasteiger partial charge < -0.3 is 4.90 Å². The van der Waals surface area contributed by atoms with Gasteiger partial charge >= 0.3 is 0 Å². The Balaban J connectivity index is 1.88. The molecule has 8 heteroatoms. The molecule has 5 nitrogen and oxygen atoms in total. The highest BCUT2D eigenvalue weighted by Crippen LogP contribution is 2.23. The third kappa shape index (κ3) is 5.73. The largest absolute Gasteiger partial charge is 0.340 e. The number of amides is 1. The summed E-state index contributed by atoms with van der Waals surface area (Å²) in [6, 6.07) is 19.5. The van der Waals surface area contributed by atoms with Crippen LogP contribution in [-0.4, -0.2) is 37.1 Å². The average Bonchev–Trinajstić information content (AvgIpc) is 2.76. The van der Waals surface area contributed by atoms with Crippen molar-refractivity contribution in [3.63, 3.8) is 0 Å². The summed E-state index contributed by atoms with van der Waals surface area (Å²) in [7, 11) is -2.47. The smallest absolute Gasteiger partial charge is 0.243 e. The first-order valence-electron chi connectivity index (χ1n) is 9.96. The van der Waals surface area contributed by atoms with Gasteiger partial charge in [-0.2, -0.15) is 4.31 Å². The highest BCUT2D eigenvalue weighted by atomic mass is 35.5. The second-order valence-corrected chi connectivity index (χ2v) is 9.86. The molecule has 0 aromatic heterocycles. The number of nitrogens with zero attached hydrogens (tertiary/aromatic N) is 2. The van der Waals surface area contributed by atoms with Crippen molar-refractivity contribution < 1.29 is 17.6 Å². The van der Waals surface area contributed by atoms with Gasteiger partial charge in [0, 0.05) is 30.7 Å². The number of halogens is 2. The van der Waals surface area contributed by atoms with Crippen LogP contribution < -0.4 is 0 Å². The molecule has 3 aromatic rings. The summed E-state index contributed by atoms with van der Waals surface area (Å²) in [5, 5.41) is 0.406. The summed E-state index contributed by atoms with van der Waals surface area (Å²) in [4.78, 5) is 14.3. The van der Waals surface area contributed by atoms with Crippen LogP contribution in [0, 0.1) is 12.7 Å². The van der Waals surface area contributed by atoms with Crippen LogP contribution >= 0.6 is 11.6 Å². The molecule has 0 aliphatic heterocycles. The van der Waals surface area contributed by atoms with E-state index in [9.17, 15) is 17.6 Å². The number of carbonyl (C=O) groups is 1. The molecule has 0 spiro atoms. The van der Waals surface area contributed by atoms with Crippen LogP contribution in [0.3, 0.4) is 0 Å². The summed E-state index contributed by atoms with van der Waals surface area (Å²) in [5.74, 6) is -0.886. The minimum atomic E-state index is -3.99. The zero-order valence-electron chi connectivity index (χ0n) is 17.8. The zero-order chi connectivity index (χ0) is 23.3. The number of carbonyl (C=O) groups excluding carboxylic acids is 1. The van der Waals surface area contributed by atoms with Crippen LogP contribution in [0.15, 0.2) is 77.7 Å². The lowest BCUT2D eigenvalue weighted by atomic mass is 10.2. The van der Waals surface area contributed by atoms with Crippen molar-refractivity contribution in [1.29, 1.82) is 0 Å². The molecule has 0 fully saturated rings. The van der Waals surface area contributed by atoms with E-state index in [1.807, 2.05) is 6.92 Å². The van der Waals surface area contributed by atoms with Gasteiger partial charge in [0.05, 0.1) is 11.4 Å². The Morgan fingerprint density at radius 1 is 0.906 bits per heavy atom. The standard InChI is InChI=1S/C24H24ClFN2O3S/c1-18-11-13-21(14-12-18)32(30,31)28(16-19-7-3-5-9-22(19)25)17-24(29)27(2)15-20-8-4-6-10-23(20)26/h3-14H,15-17H2,1-2H3. The number of hydrogen-bond acceptors (Lipinski definition) is 3. The SMILES string of the molecule is Cc1ccc(S(=O)(=O)N(CC(=O)N(C)Cc2ccccc2F)Cc2ccccc2Cl)cc1. The molecular weight excluding hydrogens is 451 g/mol. The Kier molecular flexibility index (Phi) is 7.66. The van der Waals surface area contributed by atoms with Crippen molar-refractivity contribution in [2.24, 2.45) is 0 Å². The molecule has 0 saturated carbocycles. The topological polar surface area (TPSA) is 57.7 Å². The van der Waals surface area contributed by atoms with Gasteiger partial charge in [0.2, 0.25) is 15.9 Å². The maximum absolute atomic E-state index is 14.0. The molecule has 3 aromatic carbocycles. The molecule has 168 valence electrons. The predicted octanol–water partition coefficient (Wildman–Crippen LogP) is 4.64. The Morgan fingerprint density at radius 3 is 2.12 bits per heavy atom. The fourth-order valence-electron chi connectivity index (χ4n) is 3.14. The van der Waals surface area contributed by atoms with Crippen LogP contribution in [-0.2, 0) is 27.9 Å². The second kappa shape index (κ2) is 10.3. The van der Waals surface area contributed by atoms with E-state index in [1.165, 1.54) is 30.1 Å². The first-order chi connectivity index (χ1) is 15.2. The zero-order valence-corrected chi connectivity index (χ0v) is 19.4. The number of aryl methyl sites for hydroxylation is 1. The van der Waals surface area contributed by atoms with Crippen molar-refractivity contribution in [3.8, 4) is 0 Å². The summed E-state index contributed by atoms with van der Waals surface area (Å²) in [5.41, 5.74) is 1.85. The van der Waals surface area contributed by atoms with E-state index in [4.69, 9.17) is 11.6 Å². The fourth-order valence-corrected chi connectivity index (χ4v) is 4.71. The van der Waals surface area contributed by atoms with Crippen LogP contribution in [0.1, 0.15) is 16.7 Å². The Labute approximate surface area is 193 Å². The predicted molar refractivity (Wildman–Crippen MR) is 123 cm³/mol. The Hall–Kier alpha value is -2.74. The van der Waals surface area contributed by atoms with Gasteiger partial charge in [-0.25, -0.2) is 12.8 Å². The number of rotatable bonds is 8. The van der Waals surface area contributed by atoms with Gasteiger partial charge in [-0.15, -0.1) is 0 Å². The molecule has 32 heavy (non-hydrogen) atoms. The van der Waals surface area contributed by atoms with Gasteiger partial charge in [-0.3, -0.25) is 4.79 Å². The van der Waals surface area contributed by atoms with E-state index in [1.54, 1.807) is 54.6 Å². The molecule has 0 N–H and O–H groups in total. The Bertz CT molecular complexity index is 1200. The van der Waals surface area contributed by atoms with Gasteiger partial charge in [0.1, 0.15) is 5.82 Å². The van der Waals surface area contributed by atoms with Crippen molar-refractivity contribution >= 4 is 27.5 Å². The lowest BCUT2D eigenvalue weighted by Crippen LogP contribution is -2.41. The minimum Gasteiger partial charge on any atom is -0.340 e. The fraction of sp³-hybridized carbons (Fsp3) is 0.208. The first-order valence-corrected chi connectivity index (χ1v) is 11.8. The van der Waals surface area contributed by atoms with Gasteiger partial charge in [-0.1, -0.05) is 65.7 Å². The van der Waals surface area contributed by atoms with E-state index in [-0.39, 0.29) is 18.0 Å². The van der Waals surface area contributed by atoms with E-state index in [2.05, 4.69) is 0 Å². The van der Waals surface area contributed by atoms with Gasteiger partial charge in [0.15, 0.2) is 0 Å². The number of hydrogen-bond donors (Lipinski definition) is 0. The van der Waals surface area contributed by atoms with Gasteiger partial charge in [-0.05, 0) is 36.8 Å². The first kappa shape index (κ1) is 23.9. The van der Waals surface area contributed by atoms with Crippen LogP contribution in [0.25, 0.3) is 0 Å². The Morgan fingerprint density at radius 2 is 1.50 bits per heavy atom. The third-order valence-electron chi connectivity index (χ3n) is 5.07. The molecule has 0 aliphatic rings. The van der Waals surface area contributed by atoms with E-state index < -0.39 is 28.3 Å². The highest BCUT2D eigenvalue weighted by Gasteiger charge is 2.28. The molecular formula is C24H24ClFN2O3S. The molecule has 0 atom stereocenters. The van der Waals surface area contributed by atoms with Crippen LogP contribution in [0.2, 0.25) is 5.02 Å². The molecule has 3 rings (SSSR count). The van der Waals surface area contributed by atoms with E-state index in [0.29, 0.717) is 16.1 Å². The van der Waals surface area contributed by atoms with Crippen LogP contribution in [0.5, 0.6) is 0 Å². The molecule has 0 bridgehead atoms. The van der Waals surface area contributed by atoms with Crippen molar-refractivity contribution in [3.05, 3.63) is 100 Å². The molecule has 0 aliphatic carbocycles. The normalized spacial score (nSPS) is 11.5. The number of likely N-dealkylation sites (N-methyl/N-ethyl adjacent to an activating group) is 1. The monoisotopic (exact) mass is 474 g/mol. The quantitative estimate of drug-likeness (QED) is 0.478. The molecule has 0 radical (unpaired) electrons. The lowest BCUT2D eigenvalue weighted by molar-refractivity contribution is -0.130. The number of sulfonamides is 1. The van der Waals surface area contributed by atoms with E-state index in [0.717, 1.165) is 9.87 Å². The second-order valence-electron chi connectivity index (χ2n) is 7.52. The summed E-state index contributed by atoms with van der Waals surface area (Å²) < 4.78 is 41.9. The molecule has 1 amide bonds. The summed E-state index contributed by atoms with van der Waals surface area (Å²) in [6.45, 7) is 1.40. The molecule has 0 heterocycles. The van der Waals surface area contributed by atoms with Crippen molar-refractivity contribution in [1.82, 2.24) is 9.21 Å². The molecule has 0 unspecified atom stereocenters. The van der Waals surface area contributed by atoms with Crippen molar-refractivity contribution in [2.45, 2.75) is 24.9 Å². The number of benzene rings is 3. The molecule has 0 saturated heterocycles. The summed E-state index contributed by atoms with van der Waals surface area (Å²) >= 11 is 6.25.